The maximum Gasteiger partial charge on any atom is 0.339 e. The number of aromatic amines is 1. The van der Waals surface area contributed by atoms with Gasteiger partial charge in [0.1, 0.15) is 9.75 Å². The van der Waals surface area contributed by atoms with Crippen molar-refractivity contribution in [3.05, 3.63) is 22.5 Å². The summed E-state index contributed by atoms with van der Waals surface area (Å²) in [5.74, 6) is -1.61. The van der Waals surface area contributed by atoms with Gasteiger partial charge >= 0.3 is 11.9 Å². The Balaban J connectivity index is 2.18. The van der Waals surface area contributed by atoms with Crippen molar-refractivity contribution in [2.45, 2.75) is 44.6 Å². The Morgan fingerprint density at radius 3 is 2.25 bits per heavy atom. The molecule has 1 aliphatic rings. The van der Waals surface area contributed by atoms with Crippen molar-refractivity contribution in [1.29, 1.82) is 0 Å². The van der Waals surface area contributed by atoms with Crippen LogP contribution in [0.2, 0.25) is 0 Å². The molecule has 2 rings (SSSR count). The molecule has 0 amide bonds. The van der Waals surface area contributed by atoms with Crippen LogP contribution in [0.15, 0.2) is 0 Å². The monoisotopic (exact) mass is 375 g/mol. The SMILES string of the molecule is COC(=O)c1c(C)[nH]c(C(=O)[C@H](C)OC(=O)[C@]2(C)CC2(Cl)Cl)c1C. The summed E-state index contributed by atoms with van der Waals surface area (Å²) in [6.07, 6.45) is -0.767. The average Bonchev–Trinajstić information content (AvgIpc) is 2.88. The Morgan fingerprint density at radius 2 is 1.79 bits per heavy atom. The molecule has 1 saturated carbocycles. The van der Waals surface area contributed by atoms with Crippen LogP contribution < -0.4 is 0 Å². The van der Waals surface area contributed by atoms with Crippen molar-refractivity contribution in [2.24, 2.45) is 5.41 Å². The molecular formula is C16H19Cl2NO5. The molecule has 1 aromatic heterocycles. The first-order valence-corrected chi connectivity index (χ1v) is 8.12. The van der Waals surface area contributed by atoms with Crippen LogP contribution in [0.25, 0.3) is 0 Å². The number of rotatable bonds is 5. The summed E-state index contributed by atoms with van der Waals surface area (Å²) in [4.78, 5) is 39.4. The first kappa shape index (κ1) is 18.8. The summed E-state index contributed by atoms with van der Waals surface area (Å²) >= 11 is 11.9. The number of H-pyrrole nitrogens is 1. The lowest BCUT2D eigenvalue weighted by Gasteiger charge is -2.16. The van der Waals surface area contributed by atoms with Crippen LogP contribution >= 0.6 is 23.2 Å². The first-order chi connectivity index (χ1) is 11.0. The lowest BCUT2D eigenvalue weighted by molar-refractivity contribution is -0.152. The second kappa shape index (κ2) is 6.08. The molecule has 1 fully saturated rings. The van der Waals surface area contributed by atoms with Crippen LogP contribution in [-0.4, -0.2) is 40.3 Å². The molecule has 0 aliphatic heterocycles. The molecule has 1 aliphatic carbocycles. The highest BCUT2D eigenvalue weighted by Gasteiger charge is 2.69. The number of halogens is 2. The average molecular weight is 376 g/mol. The Kier molecular flexibility index (Phi) is 4.76. The van der Waals surface area contributed by atoms with E-state index in [1.807, 2.05) is 0 Å². The van der Waals surface area contributed by atoms with Crippen LogP contribution in [0.5, 0.6) is 0 Å². The van der Waals surface area contributed by atoms with Crippen LogP contribution in [0.3, 0.4) is 0 Å². The van der Waals surface area contributed by atoms with Crippen molar-refractivity contribution >= 4 is 40.9 Å². The van der Waals surface area contributed by atoms with Gasteiger partial charge in [-0.3, -0.25) is 9.59 Å². The number of aryl methyl sites for hydroxylation is 1. The van der Waals surface area contributed by atoms with E-state index in [0.717, 1.165) is 0 Å². The maximum atomic E-state index is 12.6. The zero-order chi connectivity index (χ0) is 18.4. The summed E-state index contributed by atoms with van der Waals surface area (Å²) in [7, 11) is 1.26. The van der Waals surface area contributed by atoms with Gasteiger partial charge < -0.3 is 14.5 Å². The predicted octanol–water partition coefficient (Wildman–Crippen LogP) is 3.12. The van der Waals surface area contributed by atoms with Gasteiger partial charge in [0.15, 0.2) is 6.10 Å². The van der Waals surface area contributed by atoms with Gasteiger partial charge in [0.05, 0.1) is 18.4 Å². The number of aromatic nitrogens is 1. The fourth-order valence-corrected chi connectivity index (χ4v) is 3.26. The van der Waals surface area contributed by atoms with Crippen molar-refractivity contribution in [3.8, 4) is 0 Å². The number of carbonyl (C=O) groups is 3. The van der Waals surface area contributed by atoms with E-state index in [1.54, 1.807) is 20.8 Å². The van der Waals surface area contributed by atoms with Crippen molar-refractivity contribution in [3.63, 3.8) is 0 Å². The van der Waals surface area contributed by atoms with Gasteiger partial charge in [-0.05, 0) is 33.3 Å². The standard InChI is InChI=1S/C16H19Cl2NO5/c1-7-10(13(21)23-5)8(2)19-11(7)12(20)9(3)24-14(22)15(4)6-16(15,17)18/h9,19H,6H2,1-5H3/t9-,15-/m0/s1. The molecule has 1 N–H and O–H groups in total. The quantitative estimate of drug-likeness (QED) is 0.485. The third-order valence-electron chi connectivity index (χ3n) is 4.43. The number of nitrogens with one attached hydrogen (secondary N) is 1. The summed E-state index contributed by atoms with van der Waals surface area (Å²) < 4.78 is 8.77. The van der Waals surface area contributed by atoms with Gasteiger partial charge in [-0.2, -0.15) is 0 Å². The van der Waals surface area contributed by atoms with Crippen LogP contribution in [-0.2, 0) is 14.3 Å². The van der Waals surface area contributed by atoms with Crippen molar-refractivity contribution in [1.82, 2.24) is 4.98 Å². The van der Waals surface area contributed by atoms with Crippen LogP contribution in [0.4, 0.5) is 0 Å². The highest BCUT2D eigenvalue weighted by Crippen LogP contribution is 2.64. The van der Waals surface area contributed by atoms with E-state index < -0.39 is 33.6 Å². The van der Waals surface area contributed by atoms with Gasteiger partial charge in [0, 0.05) is 12.1 Å². The van der Waals surface area contributed by atoms with Crippen LogP contribution in [0.1, 0.15) is 52.4 Å². The predicted molar refractivity (Wildman–Crippen MR) is 88.7 cm³/mol. The van der Waals surface area contributed by atoms with E-state index in [9.17, 15) is 14.4 Å². The summed E-state index contributed by atoms with van der Waals surface area (Å²) in [5, 5.41) is 0. The molecule has 1 heterocycles. The normalized spacial score (nSPS) is 22.6. The van der Waals surface area contributed by atoms with Gasteiger partial charge in [-0.25, -0.2) is 4.79 Å². The van der Waals surface area contributed by atoms with Crippen LogP contribution in [0, 0.1) is 19.3 Å². The number of hydrogen-bond donors (Lipinski definition) is 1. The molecule has 0 saturated heterocycles. The second-order valence-corrected chi connectivity index (χ2v) is 7.73. The summed E-state index contributed by atoms with van der Waals surface area (Å²) in [5.41, 5.74) is 0.457. The molecule has 0 spiro atoms. The van der Waals surface area contributed by atoms with E-state index in [2.05, 4.69) is 4.98 Å². The minimum absolute atomic E-state index is 0.206. The minimum atomic E-state index is -1.16. The molecule has 0 unspecified atom stereocenters. The fraction of sp³-hybridized carbons (Fsp3) is 0.562. The number of Topliss-reactive ketones (excluding diaryl/α,β-unsaturated/α-hetero) is 1. The Bertz CT molecular complexity index is 724. The third kappa shape index (κ3) is 2.93. The van der Waals surface area contributed by atoms with E-state index >= 15 is 0 Å². The van der Waals surface area contributed by atoms with E-state index in [0.29, 0.717) is 16.8 Å². The highest BCUT2D eigenvalue weighted by atomic mass is 35.5. The van der Waals surface area contributed by atoms with E-state index in [1.165, 1.54) is 14.0 Å². The molecule has 8 heteroatoms. The number of alkyl halides is 2. The van der Waals surface area contributed by atoms with Gasteiger partial charge in [-0.1, -0.05) is 0 Å². The molecule has 1 aromatic rings. The fourth-order valence-electron chi connectivity index (χ4n) is 2.57. The number of hydrogen-bond acceptors (Lipinski definition) is 5. The lowest BCUT2D eigenvalue weighted by Crippen LogP contribution is -2.30. The first-order valence-electron chi connectivity index (χ1n) is 7.37. The molecular weight excluding hydrogens is 357 g/mol. The number of methoxy groups -OCH3 is 1. The number of ether oxygens (including phenoxy) is 2. The zero-order valence-corrected chi connectivity index (χ0v) is 15.6. The molecule has 0 aromatic carbocycles. The highest BCUT2D eigenvalue weighted by molar-refractivity contribution is 6.53. The summed E-state index contributed by atoms with van der Waals surface area (Å²) in [6.45, 7) is 6.34. The Morgan fingerprint density at radius 1 is 1.25 bits per heavy atom. The molecule has 0 radical (unpaired) electrons. The van der Waals surface area contributed by atoms with Crippen molar-refractivity contribution < 1.29 is 23.9 Å². The molecule has 2 atom stereocenters. The van der Waals surface area contributed by atoms with E-state index in [-0.39, 0.29) is 12.1 Å². The number of ketones is 1. The lowest BCUT2D eigenvalue weighted by atomic mass is 10.1. The largest absolute Gasteiger partial charge is 0.465 e. The summed E-state index contributed by atoms with van der Waals surface area (Å²) in [6, 6.07) is 0. The zero-order valence-electron chi connectivity index (χ0n) is 14.1. The molecule has 24 heavy (non-hydrogen) atoms. The van der Waals surface area contributed by atoms with Gasteiger partial charge in [0.2, 0.25) is 5.78 Å². The number of carbonyl (C=O) groups excluding carboxylic acids is 3. The Hall–Kier alpha value is -1.53. The third-order valence-corrected chi connectivity index (χ3v) is 5.54. The Labute approximate surface area is 149 Å². The minimum Gasteiger partial charge on any atom is -0.465 e. The maximum absolute atomic E-state index is 12.6. The van der Waals surface area contributed by atoms with Crippen molar-refractivity contribution in [2.75, 3.05) is 7.11 Å². The topological polar surface area (TPSA) is 85.5 Å². The molecule has 6 nitrogen and oxygen atoms in total. The van der Waals surface area contributed by atoms with Gasteiger partial charge in [0.25, 0.3) is 0 Å². The molecule has 0 bridgehead atoms. The number of esters is 2. The second-order valence-electron chi connectivity index (χ2n) is 6.24. The van der Waals surface area contributed by atoms with Gasteiger partial charge in [-0.15, -0.1) is 23.2 Å². The molecule has 132 valence electrons. The smallest absolute Gasteiger partial charge is 0.339 e. The van der Waals surface area contributed by atoms with E-state index in [4.69, 9.17) is 32.7 Å².